The summed E-state index contributed by atoms with van der Waals surface area (Å²) in [5.41, 5.74) is 3.55. The van der Waals surface area contributed by atoms with Crippen LogP contribution in [0, 0.1) is 0 Å². The monoisotopic (exact) mass is 734 g/mol. The predicted molar refractivity (Wildman–Crippen MR) is 209 cm³/mol. The number of hydrogen-bond acceptors (Lipinski definition) is 8. The zero-order valence-corrected chi connectivity index (χ0v) is 34.3. The van der Waals surface area contributed by atoms with E-state index < -0.39 is 0 Å². The van der Waals surface area contributed by atoms with Crippen LogP contribution in [0.25, 0.3) is 0 Å². The van der Waals surface area contributed by atoms with Crippen molar-refractivity contribution in [3.05, 3.63) is 70.8 Å². The van der Waals surface area contributed by atoms with E-state index in [0.717, 1.165) is 32.0 Å². The summed E-state index contributed by atoms with van der Waals surface area (Å²) in [7, 11) is 1.68. The van der Waals surface area contributed by atoms with Gasteiger partial charge in [-0.25, -0.2) is 0 Å². The summed E-state index contributed by atoms with van der Waals surface area (Å²) in [5, 5.41) is 35.8. The first-order valence-electron chi connectivity index (χ1n) is 16.5. The smallest absolute Gasteiger partial charge is 0.146 e. The summed E-state index contributed by atoms with van der Waals surface area (Å²) in [6.45, 7) is 26.0. The van der Waals surface area contributed by atoms with Crippen molar-refractivity contribution in [1.82, 2.24) is 0 Å². The van der Waals surface area contributed by atoms with Crippen LogP contribution in [0.3, 0.4) is 0 Å². The van der Waals surface area contributed by atoms with Crippen LogP contribution in [0.15, 0.2) is 87.7 Å². The number of phenols is 3. The highest BCUT2D eigenvalue weighted by Crippen LogP contribution is 2.55. The van der Waals surface area contributed by atoms with Crippen LogP contribution in [-0.4, -0.2) is 22.4 Å². The Morgan fingerprint density at radius 1 is 0.367 bits per heavy atom. The van der Waals surface area contributed by atoms with Gasteiger partial charge in [0.2, 0.25) is 0 Å². The largest absolute Gasteiger partial charge is 0.506 e. The van der Waals surface area contributed by atoms with Gasteiger partial charge in [0, 0.05) is 0 Å². The lowest BCUT2D eigenvalue weighted by Crippen LogP contribution is -2.12. The third-order valence-electron chi connectivity index (χ3n) is 8.69. The van der Waals surface area contributed by atoms with Crippen molar-refractivity contribution in [3.8, 4) is 23.0 Å². The normalized spacial score (nSPS) is 14.1. The van der Waals surface area contributed by atoms with Crippen molar-refractivity contribution in [1.29, 1.82) is 0 Å². The minimum absolute atomic E-state index is 0.126. The van der Waals surface area contributed by atoms with Crippen LogP contribution in [0.4, 0.5) is 0 Å². The van der Waals surface area contributed by atoms with Gasteiger partial charge >= 0.3 is 0 Å². The molecule has 5 rings (SSSR count). The second-order valence-electron chi connectivity index (χ2n) is 16.9. The Labute approximate surface area is 310 Å². The van der Waals surface area contributed by atoms with Crippen molar-refractivity contribution in [2.24, 2.45) is 0 Å². The highest BCUT2D eigenvalue weighted by Gasteiger charge is 2.28. The van der Waals surface area contributed by atoms with Crippen molar-refractivity contribution in [2.75, 3.05) is 7.11 Å². The van der Waals surface area contributed by atoms with Crippen LogP contribution in [0.5, 0.6) is 23.0 Å². The van der Waals surface area contributed by atoms with Gasteiger partial charge in [0.15, 0.2) is 0 Å². The fraction of sp³-hybridized carbons (Fsp3) is 0.415. The van der Waals surface area contributed by atoms with E-state index >= 15 is 0 Å². The van der Waals surface area contributed by atoms with E-state index in [1.165, 1.54) is 47.0 Å². The summed E-state index contributed by atoms with van der Waals surface area (Å²) >= 11 is 5.70. The van der Waals surface area contributed by atoms with Gasteiger partial charge in [0.05, 0.1) is 46.3 Å². The standard InChI is InChI=1S/C41H50O4S4/c1-38(2,3)22-14-26-34(42)27(15-22)47-29-17-24(40(7,8)9)19-31(36(29)44)49-33-21-25(41(10,11)12)20-32(37(33)45-13)48-30-18-23(39(4,5)6)16-28(46-26)35(30)43/h14-21,42-44H,1-13H3. The molecule has 0 aromatic heterocycles. The van der Waals surface area contributed by atoms with Gasteiger partial charge in [-0.1, -0.05) is 130 Å². The number of fused-ring (bicyclic) bond motifs is 8. The molecule has 4 nitrogen and oxygen atoms in total. The molecule has 0 amide bonds. The summed E-state index contributed by atoms with van der Waals surface area (Å²) < 4.78 is 6.15. The Balaban J connectivity index is 1.91. The molecule has 0 saturated carbocycles. The molecule has 0 radical (unpaired) electrons. The number of ether oxygens (including phenoxy) is 1. The van der Waals surface area contributed by atoms with Crippen molar-refractivity contribution < 1.29 is 20.1 Å². The predicted octanol–water partition coefficient (Wildman–Crippen LogP) is 12.9. The van der Waals surface area contributed by atoms with Crippen LogP contribution in [0.1, 0.15) is 105 Å². The molecule has 3 N–H and O–H groups in total. The number of benzene rings is 4. The lowest BCUT2D eigenvalue weighted by Gasteiger charge is -2.26. The van der Waals surface area contributed by atoms with Gasteiger partial charge in [-0.2, -0.15) is 0 Å². The van der Waals surface area contributed by atoms with Crippen LogP contribution < -0.4 is 4.74 Å². The SMILES string of the molecule is COc1c2cc(C(C)(C)C)cc1Sc1cc(C(C)(C)C)cc(c1O)Sc1cc(C(C)(C)C)cc(c1O)Sc1cc(C(C)(C)C)cc(c1O)S2. The summed E-state index contributed by atoms with van der Waals surface area (Å²) in [6, 6.07) is 16.6. The molecule has 4 aromatic carbocycles. The van der Waals surface area contributed by atoms with Gasteiger partial charge in [0.25, 0.3) is 0 Å². The molecule has 8 bridgehead atoms. The van der Waals surface area contributed by atoms with E-state index in [1.807, 2.05) is 24.3 Å². The van der Waals surface area contributed by atoms with Crippen LogP contribution >= 0.6 is 47.0 Å². The number of methoxy groups -OCH3 is 1. The van der Waals surface area contributed by atoms with Crippen LogP contribution in [-0.2, 0) is 21.7 Å². The zero-order chi connectivity index (χ0) is 36.4. The topological polar surface area (TPSA) is 69.9 Å². The van der Waals surface area contributed by atoms with E-state index in [2.05, 4.69) is 107 Å². The quantitative estimate of drug-likeness (QED) is 0.157. The van der Waals surface area contributed by atoms with Crippen molar-refractivity contribution >= 4 is 47.0 Å². The molecule has 8 heteroatoms. The first-order chi connectivity index (χ1) is 22.5. The van der Waals surface area contributed by atoms with Gasteiger partial charge in [-0.3, -0.25) is 0 Å². The number of rotatable bonds is 1. The fourth-order valence-corrected chi connectivity index (χ4v) is 9.85. The van der Waals surface area contributed by atoms with Crippen molar-refractivity contribution in [2.45, 2.75) is 144 Å². The molecule has 262 valence electrons. The second kappa shape index (κ2) is 13.2. The molecule has 0 spiro atoms. The third-order valence-corrected chi connectivity index (χ3v) is 12.9. The van der Waals surface area contributed by atoms with Crippen LogP contribution in [0.2, 0.25) is 0 Å². The molecule has 0 saturated heterocycles. The molecule has 1 aliphatic rings. The van der Waals surface area contributed by atoms with Gasteiger partial charge in [0.1, 0.15) is 23.0 Å². The Morgan fingerprint density at radius 3 is 0.735 bits per heavy atom. The minimum Gasteiger partial charge on any atom is -0.506 e. The molecule has 4 aromatic rings. The highest BCUT2D eigenvalue weighted by molar-refractivity contribution is 8.01. The molecular weight excluding hydrogens is 685 g/mol. The number of aromatic hydroxyl groups is 3. The third kappa shape index (κ3) is 8.03. The van der Waals surface area contributed by atoms with E-state index in [4.69, 9.17) is 4.74 Å². The molecule has 1 aliphatic heterocycles. The molecule has 49 heavy (non-hydrogen) atoms. The van der Waals surface area contributed by atoms with E-state index in [0.29, 0.717) is 35.1 Å². The average Bonchev–Trinajstić information content (AvgIpc) is 2.96. The maximum Gasteiger partial charge on any atom is 0.146 e. The lowest BCUT2D eigenvalue weighted by molar-refractivity contribution is 0.393. The Kier molecular flexibility index (Phi) is 10.2. The summed E-state index contributed by atoms with van der Waals surface area (Å²) in [6.07, 6.45) is 0. The first-order valence-corrected chi connectivity index (χ1v) is 19.8. The zero-order valence-electron chi connectivity index (χ0n) is 31.0. The highest BCUT2D eigenvalue weighted by atomic mass is 32.2. The van der Waals surface area contributed by atoms with Gasteiger partial charge in [-0.15, -0.1) is 0 Å². The van der Waals surface area contributed by atoms with Gasteiger partial charge in [-0.05, 0) is 92.4 Å². The Morgan fingerprint density at radius 2 is 0.551 bits per heavy atom. The Hall–Kier alpha value is -2.52. The molecular formula is C41H50O4S4. The minimum atomic E-state index is -0.212. The van der Waals surface area contributed by atoms with Crippen molar-refractivity contribution in [3.63, 3.8) is 0 Å². The first kappa shape index (κ1) is 37.7. The molecule has 1 heterocycles. The fourth-order valence-electron chi connectivity index (χ4n) is 5.35. The van der Waals surface area contributed by atoms with E-state index in [9.17, 15) is 15.3 Å². The van der Waals surface area contributed by atoms with E-state index in [1.54, 1.807) is 7.11 Å². The Bertz CT molecular complexity index is 1800. The second-order valence-corrected chi connectivity index (χ2v) is 21.2. The summed E-state index contributed by atoms with van der Waals surface area (Å²) in [5.74, 6) is 1.15. The van der Waals surface area contributed by atoms with E-state index in [-0.39, 0.29) is 38.9 Å². The maximum absolute atomic E-state index is 12.0. The molecule has 0 fully saturated rings. The number of phenolic OH excluding ortho intramolecular Hbond substituents is 3. The number of hydrogen-bond donors (Lipinski definition) is 3. The summed E-state index contributed by atoms with van der Waals surface area (Å²) in [4.78, 5) is 5.81. The maximum atomic E-state index is 12.0. The molecule has 0 atom stereocenters. The lowest BCUT2D eigenvalue weighted by atomic mass is 9.87. The molecule has 0 aliphatic carbocycles. The van der Waals surface area contributed by atoms with Gasteiger partial charge < -0.3 is 20.1 Å². The average molecular weight is 735 g/mol. The molecule has 0 unspecified atom stereocenters.